The van der Waals surface area contributed by atoms with Crippen molar-refractivity contribution in [2.24, 2.45) is 0 Å². The van der Waals surface area contributed by atoms with Gasteiger partial charge in [0.25, 0.3) is 11.1 Å². The molecular formula is C20H21N3O4S. The van der Waals surface area contributed by atoms with Gasteiger partial charge in [-0.05, 0) is 30.2 Å². The van der Waals surface area contributed by atoms with Crippen molar-refractivity contribution in [1.82, 2.24) is 15.5 Å². The molecule has 28 heavy (non-hydrogen) atoms. The van der Waals surface area contributed by atoms with Crippen molar-refractivity contribution in [2.75, 3.05) is 26.5 Å². The SMILES string of the molecule is COc1ccc(OC)c(-c2nnc(SCC(=O)NCCc3ccccc3)o2)c1. The Hall–Kier alpha value is -3.00. The maximum atomic E-state index is 12.0. The third-order valence-corrected chi connectivity index (χ3v) is 4.77. The monoisotopic (exact) mass is 399 g/mol. The largest absolute Gasteiger partial charge is 0.497 e. The number of ether oxygens (including phenoxy) is 2. The molecular weight excluding hydrogens is 378 g/mol. The maximum absolute atomic E-state index is 12.0. The number of methoxy groups -OCH3 is 2. The third kappa shape index (κ3) is 5.26. The Bertz CT molecular complexity index is 915. The predicted octanol–water partition coefficient (Wildman–Crippen LogP) is 3.20. The Morgan fingerprint density at radius 1 is 1.11 bits per heavy atom. The average molecular weight is 399 g/mol. The topological polar surface area (TPSA) is 86.5 Å². The summed E-state index contributed by atoms with van der Waals surface area (Å²) in [5.41, 5.74) is 1.82. The number of hydrogen-bond acceptors (Lipinski definition) is 7. The van der Waals surface area contributed by atoms with E-state index in [1.54, 1.807) is 32.4 Å². The Balaban J connectivity index is 1.53. The Morgan fingerprint density at radius 2 is 1.93 bits per heavy atom. The van der Waals surface area contributed by atoms with Gasteiger partial charge in [0.2, 0.25) is 5.91 Å². The Morgan fingerprint density at radius 3 is 2.68 bits per heavy atom. The second-order valence-electron chi connectivity index (χ2n) is 5.81. The maximum Gasteiger partial charge on any atom is 0.277 e. The van der Waals surface area contributed by atoms with Gasteiger partial charge in [0.1, 0.15) is 11.5 Å². The van der Waals surface area contributed by atoms with Crippen LogP contribution in [-0.2, 0) is 11.2 Å². The molecule has 0 aliphatic rings. The number of carbonyl (C=O) groups excluding carboxylic acids is 1. The molecule has 0 aliphatic carbocycles. The van der Waals surface area contributed by atoms with E-state index in [9.17, 15) is 4.79 Å². The molecule has 1 amide bonds. The molecule has 0 saturated heterocycles. The zero-order valence-corrected chi connectivity index (χ0v) is 16.5. The lowest BCUT2D eigenvalue weighted by Crippen LogP contribution is -2.27. The van der Waals surface area contributed by atoms with E-state index >= 15 is 0 Å². The molecule has 146 valence electrons. The summed E-state index contributed by atoms with van der Waals surface area (Å²) in [5.74, 6) is 1.68. The molecule has 8 heteroatoms. The number of aromatic nitrogens is 2. The molecule has 1 heterocycles. The first-order chi connectivity index (χ1) is 13.7. The predicted molar refractivity (Wildman–Crippen MR) is 107 cm³/mol. The van der Waals surface area contributed by atoms with Gasteiger partial charge in [-0.15, -0.1) is 10.2 Å². The highest BCUT2D eigenvalue weighted by Crippen LogP contribution is 2.33. The number of benzene rings is 2. The van der Waals surface area contributed by atoms with E-state index in [1.807, 2.05) is 30.3 Å². The molecule has 1 aromatic heterocycles. The van der Waals surface area contributed by atoms with Crippen molar-refractivity contribution in [3.63, 3.8) is 0 Å². The molecule has 1 N–H and O–H groups in total. The number of amides is 1. The summed E-state index contributed by atoms with van der Waals surface area (Å²) in [7, 11) is 3.15. The van der Waals surface area contributed by atoms with Crippen LogP contribution in [0.25, 0.3) is 11.5 Å². The van der Waals surface area contributed by atoms with Crippen LogP contribution in [0.5, 0.6) is 11.5 Å². The first kappa shape index (κ1) is 19.8. The van der Waals surface area contributed by atoms with Crippen molar-refractivity contribution in [2.45, 2.75) is 11.6 Å². The smallest absolute Gasteiger partial charge is 0.277 e. The van der Waals surface area contributed by atoms with Gasteiger partial charge in [0.15, 0.2) is 0 Å². The minimum absolute atomic E-state index is 0.0837. The molecule has 0 aliphatic heterocycles. The van der Waals surface area contributed by atoms with Crippen molar-refractivity contribution >= 4 is 17.7 Å². The van der Waals surface area contributed by atoms with E-state index < -0.39 is 0 Å². The molecule has 3 rings (SSSR count). The lowest BCUT2D eigenvalue weighted by atomic mass is 10.1. The minimum Gasteiger partial charge on any atom is -0.497 e. The second kappa shape index (κ2) is 9.80. The van der Waals surface area contributed by atoms with Crippen molar-refractivity contribution in [3.8, 4) is 23.0 Å². The van der Waals surface area contributed by atoms with Gasteiger partial charge in [-0.1, -0.05) is 42.1 Å². The van der Waals surface area contributed by atoms with Gasteiger partial charge in [0.05, 0.1) is 25.5 Å². The number of nitrogens with zero attached hydrogens (tertiary/aromatic N) is 2. The number of rotatable bonds is 9. The Labute approximate surface area is 167 Å². The lowest BCUT2D eigenvalue weighted by molar-refractivity contribution is -0.118. The molecule has 0 spiro atoms. The van der Waals surface area contributed by atoms with Crippen LogP contribution >= 0.6 is 11.8 Å². The van der Waals surface area contributed by atoms with Crippen molar-refractivity contribution in [1.29, 1.82) is 0 Å². The van der Waals surface area contributed by atoms with Gasteiger partial charge >= 0.3 is 0 Å². The van der Waals surface area contributed by atoms with E-state index in [0.717, 1.165) is 6.42 Å². The highest BCUT2D eigenvalue weighted by Gasteiger charge is 2.16. The summed E-state index contributed by atoms with van der Waals surface area (Å²) < 4.78 is 16.2. The van der Waals surface area contributed by atoms with Crippen molar-refractivity contribution in [3.05, 3.63) is 54.1 Å². The second-order valence-corrected chi connectivity index (χ2v) is 6.74. The van der Waals surface area contributed by atoms with Crippen LogP contribution in [0, 0.1) is 0 Å². The van der Waals surface area contributed by atoms with E-state index in [-0.39, 0.29) is 11.7 Å². The molecule has 3 aromatic rings. The highest BCUT2D eigenvalue weighted by molar-refractivity contribution is 7.99. The summed E-state index contributed by atoms with van der Waals surface area (Å²) in [4.78, 5) is 12.0. The molecule has 0 bridgehead atoms. The first-order valence-electron chi connectivity index (χ1n) is 8.69. The summed E-state index contributed by atoms with van der Waals surface area (Å²) in [6, 6.07) is 15.3. The molecule has 2 aromatic carbocycles. The van der Waals surface area contributed by atoms with E-state index in [2.05, 4.69) is 15.5 Å². The summed E-state index contributed by atoms with van der Waals surface area (Å²) in [6.45, 7) is 0.583. The number of thioether (sulfide) groups is 1. The van der Waals surface area contributed by atoms with Crippen LogP contribution in [0.3, 0.4) is 0 Å². The molecule has 7 nitrogen and oxygen atoms in total. The van der Waals surface area contributed by atoms with Crippen LogP contribution in [0.2, 0.25) is 0 Å². The summed E-state index contributed by atoms with van der Waals surface area (Å²) in [6.07, 6.45) is 0.789. The number of hydrogen-bond donors (Lipinski definition) is 1. The zero-order chi connectivity index (χ0) is 19.8. The van der Waals surface area contributed by atoms with Gasteiger partial charge in [0, 0.05) is 6.54 Å². The van der Waals surface area contributed by atoms with Gasteiger partial charge < -0.3 is 19.2 Å². The molecule has 0 saturated carbocycles. The average Bonchev–Trinajstić information content (AvgIpc) is 3.21. The van der Waals surface area contributed by atoms with E-state index in [1.165, 1.54) is 17.3 Å². The summed E-state index contributed by atoms with van der Waals surface area (Å²) >= 11 is 1.19. The molecule has 0 unspecified atom stereocenters. The fourth-order valence-electron chi connectivity index (χ4n) is 2.53. The van der Waals surface area contributed by atoms with Crippen LogP contribution < -0.4 is 14.8 Å². The lowest BCUT2D eigenvalue weighted by Gasteiger charge is -2.07. The number of carbonyl (C=O) groups is 1. The minimum atomic E-state index is -0.0837. The molecule has 0 radical (unpaired) electrons. The molecule has 0 atom stereocenters. The standard InChI is InChI=1S/C20H21N3O4S/c1-25-15-8-9-17(26-2)16(12-15)19-22-23-20(27-19)28-13-18(24)21-11-10-14-6-4-3-5-7-14/h3-9,12H,10-11,13H2,1-2H3,(H,21,24). The van der Waals surface area contributed by atoms with Crippen LogP contribution in [0.15, 0.2) is 58.2 Å². The quantitative estimate of drug-likeness (QED) is 0.553. The third-order valence-electron chi connectivity index (χ3n) is 3.95. The zero-order valence-electron chi connectivity index (χ0n) is 15.7. The first-order valence-corrected chi connectivity index (χ1v) is 9.67. The van der Waals surface area contributed by atoms with Gasteiger partial charge in [-0.3, -0.25) is 4.79 Å². The van der Waals surface area contributed by atoms with E-state index in [4.69, 9.17) is 13.9 Å². The number of nitrogens with one attached hydrogen (secondary N) is 1. The summed E-state index contributed by atoms with van der Waals surface area (Å²) in [5, 5.41) is 11.2. The van der Waals surface area contributed by atoms with Crippen molar-refractivity contribution < 1.29 is 18.7 Å². The van der Waals surface area contributed by atoms with E-state index in [0.29, 0.717) is 34.7 Å². The Kier molecular flexibility index (Phi) is 6.91. The normalized spacial score (nSPS) is 10.5. The van der Waals surface area contributed by atoms with Gasteiger partial charge in [-0.25, -0.2) is 0 Å². The highest BCUT2D eigenvalue weighted by atomic mass is 32.2. The molecule has 0 fully saturated rings. The fourth-order valence-corrected chi connectivity index (χ4v) is 3.12. The van der Waals surface area contributed by atoms with Crippen LogP contribution in [0.4, 0.5) is 0 Å². The van der Waals surface area contributed by atoms with Crippen LogP contribution in [-0.4, -0.2) is 42.6 Å². The van der Waals surface area contributed by atoms with Gasteiger partial charge in [-0.2, -0.15) is 0 Å². The van der Waals surface area contributed by atoms with Crippen LogP contribution in [0.1, 0.15) is 5.56 Å². The fraction of sp³-hybridized carbons (Fsp3) is 0.250.